The van der Waals surface area contributed by atoms with Crippen LogP contribution in [0, 0.1) is 0 Å². The highest BCUT2D eigenvalue weighted by Crippen LogP contribution is 2.31. The molecule has 2 aromatic rings. The lowest BCUT2D eigenvalue weighted by molar-refractivity contribution is -0.116. The van der Waals surface area contributed by atoms with Crippen LogP contribution in [0.3, 0.4) is 0 Å². The Morgan fingerprint density at radius 3 is 2.65 bits per heavy atom. The lowest BCUT2D eigenvalue weighted by Gasteiger charge is -2.05. The van der Waals surface area contributed by atoms with E-state index in [1.54, 1.807) is 36.4 Å². The number of carbonyl (C=O) groups excluding carboxylic acids is 2. The Morgan fingerprint density at radius 1 is 1.12 bits per heavy atom. The average molecular weight is 353 g/mol. The fourth-order valence-electron chi connectivity index (χ4n) is 2.38. The number of nitrogens with zero attached hydrogens (tertiary/aromatic N) is 1. The molecule has 2 aromatic carbocycles. The number of anilines is 1. The van der Waals surface area contributed by atoms with E-state index in [-0.39, 0.29) is 18.6 Å². The number of rotatable bonds is 6. The van der Waals surface area contributed by atoms with Gasteiger partial charge in [0.15, 0.2) is 11.5 Å². The third-order valence-corrected chi connectivity index (χ3v) is 3.68. The molecule has 7 nitrogen and oxygen atoms in total. The Kier molecular flexibility index (Phi) is 5.48. The minimum Gasteiger partial charge on any atom is -0.454 e. The Morgan fingerprint density at radius 2 is 1.88 bits per heavy atom. The van der Waals surface area contributed by atoms with Crippen molar-refractivity contribution in [2.75, 3.05) is 12.1 Å². The molecule has 0 aromatic heterocycles. The molecule has 0 saturated heterocycles. The van der Waals surface area contributed by atoms with E-state index in [2.05, 4.69) is 15.8 Å². The first-order valence-corrected chi connectivity index (χ1v) is 8.28. The van der Waals surface area contributed by atoms with Gasteiger partial charge in [-0.25, -0.2) is 5.43 Å². The molecule has 26 heavy (non-hydrogen) atoms. The maximum atomic E-state index is 12.1. The summed E-state index contributed by atoms with van der Waals surface area (Å²) in [4.78, 5) is 23.7. The number of hydrazone groups is 1. The van der Waals surface area contributed by atoms with Gasteiger partial charge >= 0.3 is 0 Å². The largest absolute Gasteiger partial charge is 0.454 e. The van der Waals surface area contributed by atoms with Crippen molar-refractivity contribution in [1.82, 2.24) is 5.43 Å². The summed E-state index contributed by atoms with van der Waals surface area (Å²) in [6.45, 7) is 2.15. The minimum absolute atomic E-state index is 0.0435. The molecule has 0 aliphatic carbocycles. The highest BCUT2D eigenvalue weighted by atomic mass is 16.7. The van der Waals surface area contributed by atoms with E-state index >= 15 is 0 Å². The third kappa shape index (κ3) is 4.38. The van der Waals surface area contributed by atoms with Gasteiger partial charge in [0, 0.05) is 17.7 Å². The second-order valence-corrected chi connectivity index (χ2v) is 5.69. The van der Waals surface area contributed by atoms with Gasteiger partial charge in [-0.2, -0.15) is 5.10 Å². The zero-order valence-electron chi connectivity index (χ0n) is 14.3. The van der Waals surface area contributed by atoms with Gasteiger partial charge in [0.05, 0.1) is 6.21 Å². The van der Waals surface area contributed by atoms with E-state index in [9.17, 15) is 9.59 Å². The predicted molar refractivity (Wildman–Crippen MR) is 97.6 cm³/mol. The normalized spacial score (nSPS) is 12.2. The number of benzene rings is 2. The van der Waals surface area contributed by atoms with Crippen LogP contribution in [0.25, 0.3) is 0 Å². The van der Waals surface area contributed by atoms with E-state index in [1.165, 1.54) is 6.21 Å². The van der Waals surface area contributed by atoms with Crippen molar-refractivity contribution in [1.29, 1.82) is 0 Å². The maximum absolute atomic E-state index is 12.1. The number of hydrogen-bond donors (Lipinski definition) is 2. The summed E-state index contributed by atoms with van der Waals surface area (Å²) in [5.74, 6) is 0.963. The van der Waals surface area contributed by atoms with E-state index in [0.717, 1.165) is 12.0 Å². The summed E-state index contributed by atoms with van der Waals surface area (Å²) in [7, 11) is 0. The van der Waals surface area contributed by atoms with E-state index in [1.807, 2.05) is 13.0 Å². The Balaban J connectivity index is 1.55. The molecule has 0 spiro atoms. The van der Waals surface area contributed by atoms with Gasteiger partial charge in [-0.1, -0.05) is 6.92 Å². The van der Waals surface area contributed by atoms with Gasteiger partial charge in [-0.05, 0) is 54.4 Å². The summed E-state index contributed by atoms with van der Waals surface area (Å²) >= 11 is 0. The first-order valence-electron chi connectivity index (χ1n) is 8.28. The molecule has 7 heteroatoms. The zero-order valence-corrected chi connectivity index (χ0v) is 14.3. The molecule has 3 rings (SSSR count). The first-order chi connectivity index (χ1) is 12.7. The lowest BCUT2D eigenvalue weighted by Crippen LogP contribution is -2.17. The van der Waals surface area contributed by atoms with Gasteiger partial charge in [0.2, 0.25) is 12.7 Å². The van der Waals surface area contributed by atoms with E-state index in [0.29, 0.717) is 29.2 Å². The summed E-state index contributed by atoms with van der Waals surface area (Å²) in [6.07, 6.45) is 2.78. The summed E-state index contributed by atoms with van der Waals surface area (Å²) < 4.78 is 10.5. The molecular formula is C19H19N3O4. The van der Waals surface area contributed by atoms with Gasteiger partial charge in [-0.15, -0.1) is 0 Å². The number of amides is 2. The van der Waals surface area contributed by atoms with Crippen LogP contribution in [-0.2, 0) is 4.79 Å². The molecular weight excluding hydrogens is 334 g/mol. The molecule has 0 saturated carbocycles. The van der Waals surface area contributed by atoms with Crippen molar-refractivity contribution >= 4 is 23.7 Å². The van der Waals surface area contributed by atoms with Crippen LogP contribution in [-0.4, -0.2) is 24.8 Å². The first kappa shape index (κ1) is 17.5. The molecule has 0 bridgehead atoms. The van der Waals surface area contributed by atoms with Gasteiger partial charge < -0.3 is 14.8 Å². The summed E-state index contributed by atoms with van der Waals surface area (Å²) in [5, 5.41) is 6.72. The molecule has 1 aliphatic heterocycles. The van der Waals surface area contributed by atoms with Crippen LogP contribution < -0.4 is 20.2 Å². The van der Waals surface area contributed by atoms with Crippen LogP contribution in [0.2, 0.25) is 0 Å². The number of carbonyl (C=O) groups is 2. The van der Waals surface area contributed by atoms with Gasteiger partial charge in [-0.3, -0.25) is 9.59 Å². The molecule has 2 amide bonds. The van der Waals surface area contributed by atoms with Crippen LogP contribution >= 0.6 is 0 Å². The van der Waals surface area contributed by atoms with Crippen molar-refractivity contribution in [3.05, 3.63) is 53.6 Å². The molecule has 0 unspecified atom stereocenters. The Hall–Kier alpha value is -3.35. The lowest BCUT2D eigenvalue weighted by atomic mass is 10.2. The number of hydrogen-bond acceptors (Lipinski definition) is 5. The van der Waals surface area contributed by atoms with Crippen molar-refractivity contribution < 1.29 is 19.1 Å². The minimum atomic E-state index is -0.339. The van der Waals surface area contributed by atoms with Crippen LogP contribution in [0.4, 0.5) is 5.69 Å². The smallest absolute Gasteiger partial charge is 0.271 e. The maximum Gasteiger partial charge on any atom is 0.271 e. The quantitative estimate of drug-likeness (QED) is 0.617. The SMILES string of the molecule is CCCC(=O)Nc1ccc(C(=O)N/N=C\c2ccc3c(c2)OCO3)cc1. The molecule has 1 heterocycles. The second-order valence-electron chi connectivity index (χ2n) is 5.69. The number of nitrogens with one attached hydrogen (secondary N) is 2. The van der Waals surface area contributed by atoms with E-state index < -0.39 is 0 Å². The molecule has 0 atom stereocenters. The van der Waals surface area contributed by atoms with Crippen LogP contribution in [0.15, 0.2) is 47.6 Å². The van der Waals surface area contributed by atoms with Gasteiger partial charge in [0.1, 0.15) is 0 Å². The summed E-state index contributed by atoms with van der Waals surface area (Å²) in [6, 6.07) is 12.0. The standard InChI is InChI=1S/C19H19N3O4/c1-2-3-18(23)21-15-7-5-14(6-8-15)19(24)22-20-11-13-4-9-16-17(10-13)26-12-25-16/h4-11H,2-3,12H2,1H3,(H,21,23)(H,22,24)/b20-11-. The molecule has 0 fully saturated rings. The Bertz CT molecular complexity index is 831. The number of fused-ring (bicyclic) bond motifs is 1. The van der Waals surface area contributed by atoms with Gasteiger partial charge in [0.25, 0.3) is 5.91 Å². The monoisotopic (exact) mass is 353 g/mol. The molecule has 134 valence electrons. The average Bonchev–Trinajstić information content (AvgIpc) is 3.10. The fourth-order valence-corrected chi connectivity index (χ4v) is 2.38. The van der Waals surface area contributed by atoms with Crippen molar-refractivity contribution in [2.45, 2.75) is 19.8 Å². The van der Waals surface area contributed by atoms with Crippen molar-refractivity contribution in [3.63, 3.8) is 0 Å². The zero-order chi connectivity index (χ0) is 18.4. The highest BCUT2D eigenvalue weighted by Gasteiger charge is 2.12. The molecule has 1 aliphatic rings. The summed E-state index contributed by atoms with van der Waals surface area (Å²) in [5.41, 5.74) is 4.35. The fraction of sp³-hybridized carbons (Fsp3) is 0.211. The third-order valence-electron chi connectivity index (χ3n) is 3.68. The topological polar surface area (TPSA) is 89.0 Å². The Labute approximate surface area is 151 Å². The van der Waals surface area contributed by atoms with Crippen molar-refractivity contribution in [3.8, 4) is 11.5 Å². The van der Waals surface area contributed by atoms with Crippen LogP contribution in [0.5, 0.6) is 11.5 Å². The molecule has 2 N–H and O–H groups in total. The van der Waals surface area contributed by atoms with Crippen LogP contribution in [0.1, 0.15) is 35.7 Å². The van der Waals surface area contributed by atoms with E-state index in [4.69, 9.17) is 9.47 Å². The predicted octanol–water partition coefficient (Wildman–Crippen LogP) is 2.92. The second kappa shape index (κ2) is 8.15. The van der Waals surface area contributed by atoms with Crippen molar-refractivity contribution in [2.24, 2.45) is 5.10 Å². The number of ether oxygens (including phenoxy) is 2. The highest BCUT2D eigenvalue weighted by molar-refractivity contribution is 5.96. The molecule has 0 radical (unpaired) electrons.